The van der Waals surface area contributed by atoms with Crippen LogP contribution in [-0.4, -0.2) is 5.78 Å². The van der Waals surface area contributed by atoms with Crippen molar-refractivity contribution in [2.75, 3.05) is 0 Å². The van der Waals surface area contributed by atoms with Crippen LogP contribution in [0.3, 0.4) is 0 Å². The number of hydrogen-bond acceptors (Lipinski definition) is 1. The first-order valence-electron chi connectivity index (χ1n) is 6.23. The lowest BCUT2D eigenvalue weighted by Crippen LogP contribution is -2.15. The van der Waals surface area contributed by atoms with Crippen molar-refractivity contribution in [1.82, 2.24) is 0 Å². The van der Waals surface area contributed by atoms with Crippen molar-refractivity contribution in [2.24, 2.45) is 5.92 Å². The highest BCUT2D eigenvalue weighted by Crippen LogP contribution is 2.24. The number of carbonyl (C=O) groups is 1. The Morgan fingerprint density at radius 3 is 2.41 bits per heavy atom. The van der Waals surface area contributed by atoms with Gasteiger partial charge in [-0.1, -0.05) is 53.4 Å². The van der Waals surface area contributed by atoms with Crippen LogP contribution in [0, 0.1) is 5.92 Å². The minimum Gasteiger partial charge on any atom is -0.295 e. The second-order valence-corrected chi connectivity index (χ2v) is 5.54. The SMILES string of the molecule is O=C(/C=C/c1ccc(Br)cc1)C1CCCCC1. The van der Waals surface area contributed by atoms with Gasteiger partial charge in [-0.15, -0.1) is 0 Å². The molecule has 1 aliphatic rings. The lowest BCUT2D eigenvalue weighted by atomic mass is 9.86. The maximum absolute atomic E-state index is 11.9. The van der Waals surface area contributed by atoms with Crippen molar-refractivity contribution in [2.45, 2.75) is 32.1 Å². The van der Waals surface area contributed by atoms with Crippen LogP contribution in [-0.2, 0) is 4.79 Å². The van der Waals surface area contributed by atoms with E-state index in [9.17, 15) is 4.79 Å². The molecule has 1 fully saturated rings. The molecule has 2 rings (SSSR count). The van der Waals surface area contributed by atoms with Crippen molar-refractivity contribution in [3.63, 3.8) is 0 Å². The van der Waals surface area contributed by atoms with Gasteiger partial charge >= 0.3 is 0 Å². The van der Waals surface area contributed by atoms with E-state index in [1.807, 2.05) is 30.3 Å². The minimum atomic E-state index is 0.274. The van der Waals surface area contributed by atoms with Crippen LogP contribution in [0.4, 0.5) is 0 Å². The number of ketones is 1. The smallest absolute Gasteiger partial charge is 0.158 e. The second kappa shape index (κ2) is 6.15. The highest BCUT2D eigenvalue weighted by molar-refractivity contribution is 9.10. The molecule has 0 aliphatic heterocycles. The zero-order chi connectivity index (χ0) is 12.1. The van der Waals surface area contributed by atoms with E-state index in [0.29, 0.717) is 5.78 Å². The van der Waals surface area contributed by atoms with Gasteiger partial charge in [0.1, 0.15) is 0 Å². The first kappa shape index (κ1) is 12.6. The second-order valence-electron chi connectivity index (χ2n) is 4.62. The summed E-state index contributed by atoms with van der Waals surface area (Å²) in [6, 6.07) is 8.00. The predicted octanol–water partition coefficient (Wildman–Crippen LogP) is 4.61. The van der Waals surface area contributed by atoms with Gasteiger partial charge in [-0.3, -0.25) is 4.79 Å². The van der Waals surface area contributed by atoms with Crippen molar-refractivity contribution in [3.05, 3.63) is 40.4 Å². The van der Waals surface area contributed by atoms with Gasteiger partial charge in [-0.2, -0.15) is 0 Å². The Morgan fingerprint density at radius 2 is 1.76 bits per heavy atom. The molecule has 0 spiro atoms. The highest BCUT2D eigenvalue weighted by atomic mass is 79.9. The van der Waals surface area contributed by atoms with Gasteiger partial charge in [0.25, 0.3) is 0 Å². The van der Waals surface area contributed by atoms with Gasteiger partial charge < -0.3 is 0 Å². The molecular weight excluding hydrogens is 276 g/mol. The normalized spacial score (nSPS) is 17.5. The van der Waals surface area contributed by atoms with Crippen LogP contribution in [0.15, 0.2) is 34.8 Å². The quantitative estimate of drug-likeness (QED) is 0.744. The third-order valence-electron chi connectivity index (χ3n) is 3.32. The summed E-state index contributed by atoms with van der Waals surface area (Å²) in [5.74, 6) is 0.572. The minimum absolute atomic E-state index is 0.274. The number of hydrogen-bond donors (Lipinski definition) is 0. The highest BCUT2D eigenvalue weighted by Gasteiger charge is 2.18. The summed E-state index contributed by atoms with van der Waals surface area (Å²) in [6.45, 7) is 0. The maximum atomic E-state index is 11.9. The number of allylic oxidation sites excluding steroid dienone is 1. The molecule has 0 amide bonds. The van der Waals surface area contributed by atoms with E-state index in [0.717, 1.165) is 22.9 Å². The van der Waals surface area contributed by atoms with Crippen LogP contribution in [0.5, 0.6) is 0 Å². The van der Waals surface area contributed by atoms with Gasteiger partial charge in [0.05, 0.1) is 0 Å². The molecule has 1 saturated carbocycles. The van der Waals surface area contributed by atoms with E-state index in [4.69, 9.17) is 0 Å². The van der Waals surface area contributed by atoms with Gasteiger partial charge in [0.15, 0.2) is 5.78 Å². The largest absolute Gasteiger partial charge is 0.295 e. The zero-order valence-electron chi connectivity index (χ0n) is 9.86. The Bertz CT molecular complexity index is 399. The van der Waals surface area contributed by atoms with E-state index in [1.54, 1.807) is 6.08 Å². The van der Waals surface area contributed by atoms with Gasteiger partial charge in [0, 0.05) is 10.4 Å². The van der Waals surface area contributed by atoms with E-state index < -0.39 is 0 Å². The summed E-state index contributed by atoms with van der Waals surface area (Å²) in [4.78, 5) is 11.9. The zero-order valence-corrected chi connectivity index (χ0v) is 11.4. The Hall–Kier alpha value is -0.890. The molecule has 0 bridgehead atoms. The summed E-state index contributed by atoms with van der Waals surface area (Å²) < 4.78 is 1.06. The topological polar surface area (TPSA) is 17.1 Å². The standard InChI is InChI=1S/C15H17BrO/c16-14-9-6-12(7-10-14)8-11-15(17)13-4-2-1-3-5-13/h6-11,13H,1-5H2/b11-8+. The molecule has 2 heteroatoms. The van der Waals surface area contributed by atoms with Crippen LogP contribution in [0.1, 0.15) is 37.7 Å². The summed E-state index contributed by atoms with van der Waals surface area (Å²) in [6.07, 6.45) is 9.53. The third kappa shape index (κ3) is 3.81. The Kier molecular flexibility index (Phi) is 4.55. The van der Waals surface area contributed by atoms with Gasteiger partial charge in [0.2, 0.25) is 0 Å². The average molecular weight is 293 g/mol. The van der Waals surface area contributed by atoms with Crippen molar-refractivity contribution in [1.29, 1.82) is 0 Å². The Morgan fingerprint density at radius 1 is 1.12 bits per heavy atom. The van der Waals surface area contributed by atoms with E-state index in [2.05, 4.69) is 15.9 Å². The molecule has 0 heterocycles. The van der Waals surface area contributed by atoms with E-state index >= 15 is 0 Å². The molecule has 0 saturated heterocycles. The molecule has 0 N–H and O–H groups in total. The fraction of sp³-hybridized carbons (Fsp3) is 0.400. The molecule has 0 atom stereocenters. The van der Waals surface area contributed by atoms with Crippen LogP contribution in [0.25, 0.3) is 6.08 Å². The molecule has 1 aromatic rings. The summed E-state index contributed by atoms with van der Waals surface area (Å²) in [5, 5.41) is 0. The molecule has 1 nitrogen and oxygen atoms in total. The first-order chi connectivity index (χ1) is 8.25. The van der Waals surface area contributed by atoms with Crippen molar-refractivity contribution in [3.8, 4) is 0 Å². The van der Waals surface area contributed by atoms with E-state index in [1.165, 1.54) is 19.3 Å². The fourth-order valence-electron chi connectivity index (χ4n) is 2.28. The lowest BCUT2D eigenvalue weighted by molar-refractivity contribution is -0.119. The number of carbonyl (C=O) groups excluding carboxylic acids is 1. The third-order valence-corrected chi connectivity index (χ3v) is 3.85. The monoisotopic (exact) mass is 292 g/mol. The predicted molar refractivity (Wildman–Crippen MR) is 74.8 cm³/mol. The molecular formula is C15H17BrO. The molecule has 0 aromatic heterocycles. The fourth-order valence-corrected chi connectivity index (χ4v) is 2.54. The van der Waals surface area contributed by atoms with E-state index in [-0.39, 0.29) is 5.92 Å². The Balaban J connectivity index is 1.95. The lowest BCUT2D eigenvalue weighted by Gasteiger charge is -2.18. The van der Waals surface area contributed by atoms with Crippen molar-refractivity contribution >= 4 is 27.8 Å². The molecule has 90 valence electrons. The summed E-state index contributed by atoms with van der Waals surface area (Å²) >= 11 is 3.40. The number of benzene rings is 1. The number of rotatable bonds is 3. The molecule has 1 aromatic carbocycles. The van der Waals surface area contributed by atoms with Crippen LogP contribution >= 0.6 is 15.9 Å². The van der Waals surface area contributed by atoms with Crippen LogP contribution in [0.2, 0.25) is 0 Å². The Labute approximate surface area is 111 Å². The van der Waals surface area contributed by atoms with Crippen LogP contribution < -0.4 is 0 Å². The summed E-state index contributed by atoms with van der Waals surface area (Å²) in [7, 11) is 0. The first-order valence-corrected chi connectivity index (χ1v) is 7.02. The maximum Gasteiger partial charge on any atom is 0.158 e. The summed E-state index contributed by atoms with van der Waals surface area (Å²) in [5.41, 5.74) is 1.08. The van der Waals surface area contributed by atoms with Crippen molar-refractivity contribution < 1.29 is 4.79 Å². The molecule has 17 heavy (non-hydrogen) atoms. The molecule has 1 aliphatic carbocycles. The van der Waals surface area contributed by atoms with Gasteiger partial charge in [-0.25, -0.2) is 0 Å². The number of halogens is 1. The molecule has 0 unspecified atom stereocenters. The van der Waals surface area contributed by atoms with Gasteiger partial charge in [-0.05, 0) is 36.6 Å². The average Bonchev–Trinajstić information content (AvgIpc) is 2.39. The molecule has 0 radical (unpaired) electrons.